The summed E-state index contributed by atoms with van der Waals surface area (Å²) in [6, 6.07) is 0. The monoisotopic (exact) mass is 170 g/mol. The first-order chi connectivity index (χ1) is 5.46. The number of carbonyl (C=O) groups excluding carboxylic acids is 1. The molecule has 1 aliphatic carbocycles. The zero-order valence-corrected chi connectivity index (χ0v) is 7.46. The molecule has 1 rings (SSSR count). The third-order valence-electron chi connectivity index (χ3n) is 2.63. The molecule has 1 aliphatic rings. The van der Waals surface area contributed by atoms with E-state index in [9.17, 15) is 9.59 Å². The number of carboxylic acids is 1. The lowest BCUT2D eigenvalue weighted by Gasteiger charge is -2.30. The van der Waals surface area contributed by atoms with E-state index in [4.69, 9.17) is 5.11 Å². The van der Waals surface area contributed by atoms with Crippen LogP contribution in [0.3, 0.4) is 0 Å². The number of hydrogen-bond donors (Lipinski definition) is 1. The minimum Gasteiger partial charge on any atom is -0.481 e. The van der Waals surface area contributed by atoms with Crippen molar-refractivity contribution < 1.29 is 14.7 Å². The second-order valence-electron chi connectivity index (χ2n) is 3.92. The Bertz CT molecular complexity index is 214. The summed E-state index contributed by atoms with van der Waals surface area (Å²) in [6.07, 6.45) is 2.80. The van der Waals surface area contributed by atoms with Crippen molar-refractivity contribution in [1.29, 1.82) is 0 Å². The van der Waals surface area contributed by atoms with E-state index in [-0.39, 0.29) is 11.7 Å². The van der Waals surface area contributed by atoms with E-state index in [0.717, 1.165) is 19.3 Å². The first kappa shape index (κ1) is 9.23. The van der Waals surface area contributed by atoms with Crippen LogP contribution in [-0.4, -0.2) is 16.9 Å². The Morgan fingerprint density at radius 1 is 1.33 bits per heavy atom. The van der Waals surface area contributed by atoms with Gasteiger partial charge in [-0.25, -0.2) is 0 Å². The van der Waals surface area contributed by atoms with Crippen LogP contribution in [0, 0.1) is 11.3 Å². The summed E-state index contributed by atoms with van der Waals surface area (Å²) in [5.41, 5.74) is -1.19. The number of rotatable bonds is 3. The fourth-order valence-corrected chi connectivity index (χ4v) is 1.29. The van der Waals surface area contributed by atoms with Crippen LogP contribution in [0.5, 0.6) is 0 Å². The average molecular weight is 170 g/mol. The standard InChI is InChI=1S/C9H14O3/c1-9(2,8(11)12)7(10)6-4-3-5-6/h6H,3-5H2,1-2H3,(H,11,12). The van der Waals surface area contributed by atoms with Crippen molar-refractivity contribution in [2.75, 3.05) is 0 Å². The van der Waals surface area contributed by atoms with Gasteiger partial charge in [0.1, 0.15) is 5.41 Å². The molecule has 68 valence electrons. The molecule has 0 aliphatic heterocycles. The van der Waals surface area contributed by atoms with Gasteiger partial charge in [-0.2, -0.15) is 0 Å². The maximum absolute atomic E-state index is 11.5. The van der Waals surface area contributed by atoms with Gasteiger partial charge in [-0.05, 0) is 26.7 Å². The van der Waals surface area contributed by atoms with Gasteiger partial charge in [-0.3, -0.25) is 9.59 Å². The zero-order valence-electron chi connectivity index (χ0n) is 7.46. The van der Waals surface area contributed by atoms with Crippen LogP contribution in [0.2, 0.25) is 0 Å². The highest BCUT2D eigenvalue weighted by Gasteiger charge is 2.41. The van der Waals surface area contributed by atoms with Crippen LogP contribution < -0.4 is 0 Å². The molecule has 3 nitrogen and oxygen atoms in total. The van der Waals surface area contributed by atoms with Crippen molar-refractivity contribution in [2.45, 2.75) is 33.1 Å². The van der Waals surface area contributed by atoms with E-state index in [0.29, 0.717) is 0 Å². The maximum Gasteiger partial charge on any atom is 0.316 e. The predicted molar refractivity (Wildman–Crippen MR) is 43.8 cm³/mol. The molecule has 1 saturated carbocycles. The van der Waals surface area contributed by atoms with Crippen LogP contribution in [0.1, 0.15) is 33.1 Å². The van der Waals surface area contributed by atoms with Crippen molar-refractivity contribution in [2.24, 2.45) is 11.3 Å². The summed E-state index contributed by atoms with van der Waals surface area (Å²) in [6.45, 7) is 2.96. The van der Waals surface area contributed by atoms with Crippen LogP contribution >= 0.6 is 0 Å². The van der Waals surface area contributed by atoms with E-state index < -0.39 is 11.4 Å². The molecule has 0 unspecified atom stereocenters. The van der Waals surface area contributed by atoms with Crippen molar-refractivity contribution in [3.05, 3.63) is 0 Å². The highest BCUT2D eigenvalue weighted by Crippen LogP contribution is 2.34. The summed E-state index contributed by atoms with van der Waals surface area (Å²) in [7, 11) is 0. The van der Waals surface area contributed by atoms with E-state index >= 15 is 0 Å². The molecule has 0 radical (unpaired) electrons. The van der Waals surface area contributed by atoms with Gasteiger partial charge in [-0.15, -0.1) is 0 Å². The van der Waals surface area contributed by atoms with Crippen molar-refractivity contribution >= 4 is 11.8 Å². The van der Waals surface area contributed by atoms with E-state index in [1.165, 1.54) is 13.8 Å². The van der Waals surface area contributed by atoms with Gasteiger partial charge in [0.25, 0.3) is 0 Å². The van der Waals surface area contributed by atoms with Gasteiger partial charge in [0.2, 0.25) is 0 Å². The van der Waals surface area contributed by atoms with Gasteiger partial charge in [0.15, 0.2) is 5.78 Å². The lowest BCUT2D eigenvalue weighted by Crippen LogP contribution is -2.40. The van der Waals surface area contributed by atoms with E-state index in [2.05, 4.69) is 0 Å². The van der Waals surface area contributed by atoms with Gasteiger partial charge >= 0.3 is 5.97 Å². The van der Waals surface area contributed by atoms with Crippen molar-refractivity contribution in [3.63, 3.8) is 0 Å². The van der Waals surface area contributed by atoms with Crippen LogP contribution in [0.25, 0.3) is 0 Å². The number of ketones is 1. The quantitative estimate of drug-likeness (QED) is 0.652. The average Bonchev–Trinajstić information content (AvgIpc) is 1.83. The fourth-order valence-electron chi connectivity index (χ4n) is 1.29. The molecule has 0 bridgehead atoms. The SMILES string of the molecule is CC(C)(C(=O)O)C(=O)C1CCC1. The molecular formula is C9H14O3. The molecule has 0 spiro atoms. The molecular weight excluding hydrogens is 156 g/mol. The minimum atomic E-state index is -1.19. The summed E-state index contributed by atoms with van der Waals surface area (Å²) >= 11 is 0. The lowest BCUT2D eigenvalue weighted by molar-refractivity contribution is -0.155. The topological polar surface area (TPSA) is 54.4 Å². The Morgan fingerprint density at radius 2 is 1.83 bits per heavy atom. The molecule has 3 heteroatoms. The number of Topliss-reactive ketones (excluding diaryl/α,β-unsaturated/α-hetero) is 1. The number of hydrogen-bond acceptors (Lipinski definition) is 2. The maximum atomic E-state index is 11.5. The molecule has 0 saturated heterocycles. The molecule has 0 atom stereocenters. The number of aliphatic carboxylic acids is 1. The van der Waals surface area contributed by atoms with Crippen molar-refractivity contribution in [1.82, 2.24) is 0 Å². The normalized spacial score (nSPS) is 18.5. The zero-order chi connectivity index (χ0) is 9.35. The van der Waals surface area contributed by atoms with Gasteiger partial charge in [0, 0.05) is 5.92 Å². The molecule has 0 aromatic rings. The van der Waals surface area contributed by atoms with E-state index in [1.54, 1.807) is 0 Å². The number of carboxylic acid groups (broad SMARTS) is 1. The predicted octanol–water partition coefficient (Wildman–Crippen LogP) is 1.47. The van der Waals surface area contributed by atoms with Gasteiger partial charge in [-0.1, -0.05) is 6.42 Å². The Morgan fingerprint density at radius 3 is 2.08 bits per heavy atom. The van der Waals surface area contributed by atoms with Crippen LogP contribution in [0.15, 0.2) is 0 Å². The van der Waals surface area contributed by atoms with Gasteiger partial charge < -0.3 is 5.11 Å². The highest BCUT2D eigenvalue weighted by atomic mass is 16.4. The second kappa shape index (κ2) is 2.88. The third-order valence-corrected chi connectivity index (χ3v) is 2.63. The first-order valence-corrected chi connectivity index (χ1v) is 4.24. The second-order valence-corrected chi connectivity index (χ2v) is 3.92. The van der Waals surface area contributed by atoms with Crippen LogP contribution in [0.4, 0.5) is 0 Å². The molecule has 0 aromatic carbocycles. The smallest absolute Gasteiger partial charge is 0.316 e. The summed E-state index contributed by atoms with van der Waals surface area (Å²) < 4.78 is 0. The Kier molecular flexibility index (Phi) is 2.22. The summed E-state index contributed by atoms with van der Waals surface area (Å²) in [4.78, 5) is 22.2. The summed E-state index contributed by atoms with van der Waals surface area (Å²) in [5, 5.41) is 8.76. The number of carbonyl (C=O) groups is 2. The van der Waals surface area contributed by atoms with E-state index in [1.807, 2.05) is 0 Å². The molecule has 0 amide bonds. The molecule has 0 heterocycles. The molecule has 1 fully saturated rings. The van der Waals surface area contributed by atoms with Crippen LogP contribution in [-0.2, 0) is 9.59 Å². The van der Waals surface area contributed by atoms with Gasteiger partial charge in [0.05, 0.1) is 0 Å². The van der Waals surface area contributed by atoms with Crippen molar-refractivity contribution in [3.8, 4) is 0 Å². The highest BCUT2D eigenvalue weighted by molar-refractivity contribution is 6.03. The molecule has 12 heavy (non-hydrogen) atoms. The first-order valence-electron chi connectivity index (χ1n) is 4.24. The largest absolute Gasteiger partial charge is 0.481 e. The third kappa shape index (κ3) is 1.36. The lowest BCUT2D eigenvalue weighted by atomic mass is 9.72. The Hall–Kier alpha value is -0.860. The fraction of sp³-hybridized carbons (Fsp3) is 0.778. The Labute approximate surface area is 71.8 Å². The molecule has 1 N–H and O–H groups in total. The summed E-state index contributed by atoms with van der Waals surface area (Å²) in [5.74, 6) is -1.11. The Balaban J connectivity index is 2.66. The molecule has 0 aromatic heterocycles. The minimum absolute atomic E-state index is 0.0103.